The molecule has 2 aromatic heterocycles. The molecule has 0 spiro atoms. The summed E-state index contributed by atoms with van der Waals surface area (Å²) >= 11 is 0. The Kier molecular flexibility index (Phi) is 4.85. The minimum absolute atomic E-state index is 0.0789. The predicted molar refractivity (Wildman–Crippen MR) is 104 cm³/mol. The fraction of sp³-hybridized carbons (Fsp3) is 0.450. The van der Waals surface area contributed by atoms with Gasteiger partial charge in [0.2, 0.25) is 0 Å². The van der Waals surface area contributed by atoms with E-state index in [1.807, 2.05) is 49.6 Å². The molecule has 0 radical (unpaired) electrons. The van der Waals surface area contributed by atoms with Crippen LogP contribution in [0.25, 0.3) is 16.9 Å². The Morgan fingerprint density at radius 2 is 1.69 bits per heavy atom. The van der Waals surface area contributed by atoms with Crippen molar-refractivity contribution in [3.63, 3.8) is 0 Å². The van der Waals surface area contributed by atoms with Crippen LogP contribution < -0.4 is 11.2 Å². The van der Waals surface area contributed by atoms with Crippen molar-refractivity contribution in [3.8, 4) is 5.69 Å². The second-order valence-electron chi connectivity index (χ2n) is 7.51. The molecule has 0 saturated heterocycles. The number of aromatic nitrogens is 4. The van der Waals surface area contributed by atoms with E-state index in [2.05, 4.69) is 18.8 Å². The fourth-order valence-electron chi connectivity index (χ4n) is 3.05. The summed E-state index contributed by atoms with van der Waals surface area (Å²) in [6, 6.07) is 7.77. The van der Waals surface area contributed by atoms with Gasteiger partial charge in [0.25, 0.3) is 5.56 Å². The third-order valence-corrected chi connectivity index (χ3v) is 4.63. The van der Waals surface area contributed by atoms with Crippen LogP contribution in [0, 0.1) is 12.8 Å². The molecule has 26 heavy (non-hydrogen) atoms. The molecule has 0 N–H and O–H groups in total. The number of rotatable bonds is 5. The molecule has 0 amide bonds. The van der Waals surface area contributed by atoms with Gasteiger partial charge >= 0.3 is 5.69 Å². The van der Waals surface area contributed by atoms with Crippen molar-refractivity contribution in [1.29, 1.82) is 0 Å². The lowest BCUT2D eigenvalue weighted by molar-refractivity contribution is 0.490. The lowest BCUT2D eigenvalue weighted by Gasteiger charge is -2.14. The molecule has 0 atom stereocenters. The van der Waals surface area contributed by atoms with Crippen LogP contribution in [-0.4, -0.2) is 18.7 Å². The number of benzene rings is 1. The molecule has 3 rings (SSSR count). The molecular weight excluding hydrogens is 328 g/mol. The number of aryl methyl sites for hydroxylation is 1. The molecule has 0 bridgehead atoms. The summed E-state index contributed by atoms with van der Waals surface area (Å²) in [4.78, 5) is 30.6. The Hall–Kier alpha value is -2.63. The minimum atomic E-state index is -0.332. The molecule has 6 nitrogen and oxygen atoms in total. The molecular formula is C20H26N4O2. The van der Waals surface area contributed by atoms with E-state index in [-0.39, 0.29) is 17.3 Å². The summed E-state index contributed by atoms with van der Waals surface area (Å²) in [6.07, 6.45) is 2.41. The van der Waals surface area contributed by atoms with Gasteiger partial charge in [0.15, 0.2) is 11.2 Å². The first-order valence-corrected chi connectivity index (χ1v) is 9.10. The topological polar surface area (TPSA) is 61.8 Å². The molecule has 2 heterocycles. The molecule has 0 aliphatic carbocycles. The smallest absolute Gasteiger partial charge is 0.322 e. The normalized spacial score (nSPS) is 11.8. The largest absolute Gasteiger partial charge is 0.337 e. The van der Waals surface area contributed by atoms with Gasteiger partial charge in [0, 0.05) is 12.6 Å². The number of fused-ring (bicyclic) bond motifs is 1. The van der Waals surface area contributed by atoms with Crippen LogP contribution in [-0.2, 0) is 6.54 Å². The monoisotopic (exact) mass is 354 g/mol. The molecule has 1 aromatic carbocycles. The molecule has 0 fully saturated rings. The van der Waals surface area contributed by atoms with E-state index in [1.54, 1.807) is 10.9 Å². The highest BCUT2D eigenvalue weighted by Gasteiger charge is 2.20. The maximum Gasteiger partial charge on any atom is 0.337 e. The highest BCUT2D eigenvalue weighted by molar-refractivity contribution is 5.72. The predicted octanol–water partition coefficient (Wildman–Crippen LogP) is 3.28. The SMILES string of the molecule is Cc1ccc(-n2c(=O)n(CCC(C)C)c(=O)c3c2ncn3C(C)C)cc1. The molecule has 0 aliphatic heterocycles. The summed E-state index contributed by atoms with van der Waals surface area (Å²) in [5.41, 5.74) is 2.13. The van der Waals surface area contributed by atoms with Gasteiger partial charge in [-0.25, -0.2) is 14.3 Å². The Morgan fingerprint density at radius 1 is 1.04 bits per heavy atom. The maximum absolute atomic E-state index is 13.2. The first-order valence-electron chi connectivity index (χ1n) is 9.10. The van der Waals surface area contributed by atoms with Gasteiger partial charge in [0.05, 0.1) is 12.0 Å². The summed E-state index contributed by atoms with van der Waals surface area (Å²) in [6.45, 7) is 10.6. The maximum atomic E-state index is 13.2. The van der Waals surface area contributed by atoms with Gasteiger partial charge in [-0.05, 0) is 45.2 Å². The third-order valence-electron chi connectivity index (χ3n) is 4.63. The Bertz CT molecular complexity index is 1040. The molecule has 0 aliphatic rings. The Balaban J connectivity index is 2.37. The lowest BCUT2D eigenvalue weighted by atomic mass is 10.1. The zero-order valence-electron chi connectivity index (χ0n) is 16.1. The number of imidazole rings is 1. The van der Waals surface area contributed by atoms with Crippen molar-refractivity contribution in [1.82, 2.24) is 18.7 Å². The van der Waals surface area contributed by atoms with Gasteiger partial charge in [-0.1, -0.05) is 31.5 Å². The quantitative estimate of drug-likeness (QED) is 0.706. The van der Waals surface area contributed by atoms with Gasteiger partial charge in [-0.15, -0.1) is 0 Å². The van der Waals surface area contributed by atoms with Crippen molar-refractivity contribution >= 4 is 11.2 Å². The van der Waals surface area contributed by atoms with Crippen molar-refractivity contribution in [3.05, 3.63) is 57.0 Å². The number of nitrogens with zero attached hydrogens (tertiary/aromatic N) is 4. The Labute approximate surface area is 152 Å². The molecule has 0 saturated carbocycles. The van der Waals surface area contributed by atoms with E-state index >= 15 is 0 Å². The lowest BCUT2D eigenvalue weighted by Crippen LogP contribution is -2.40. The molecule has 0 unspecified atom stereocenters. The van der Waals surface area contributed by atoms with E-state index in [0.717, 1.165) is 17.7 Å². The average Bonchev–Trinajstić information content (AvgIpc) is 3.01. The van der Waals surface area contributed by atoms with E-state index < -0.39 is 0 Å². The Morgan fingerprint density at radius 3 is 2.27 bits per heavy atom. The van der Waals surface area contributed by atoms with Crippen molar-refractivity contribution < 1.29 is 0 Å². The minimum Gasteiger partial charge on any atom is -0.322 e. The summed E-state index contributed by atoms with van der Waals surface area (Å²) < 4.78 is 4.74. The average molecular weight is 354 g/mol. The van der Waals surface area contributed by atoms with Gasteiger partial charge < -0.3 is 4.57 Å². The van der Waals surface area contributed by atoms with Crippen LogP contribution in [0.3, 0.4) is 0 Å². The number of hydrogen-bond acceptors (Lipinski definition) is 3. The van der Waals surface area contributed by atoms with E-state index in [9.17, 15) is 9.59 Å². The highest BCUT2D eigenvalue weighted by atomic mass is 16.2. The third kappa shape index (κ3) is 3.11. The number of hydrogen-bond donors (Lipinski definition) is 0. The van der Waals surface area contributed by atoms with Crippen LogP contribution in [0.2, 0.25) is 0 Å². The highest BCUT2D eigenvalue weighted by Crippen LogP contribution is 2.17. The zero-order chi connectivity index (χ0) is 19.0. The van der Waals surface area contributed by atoms with Crippen molar-refractivity contribution in [2.45, 2.75) is 53.6 Å². The van der Waals surface area contributed by atoms with Crippen LogP contribution in [0.4, 0.5) is 0 Å². The molecule has 3 aromatic rings. The zero-order valence-corrected chi connectivity index (χ0v) is 16.1. The van der Waals surface area contributed by atoms with Gasteiger partial charge in [-0.2, -0.15) is 0 Å². The first kappa shape index (κ1) is 18.2. The molecule has 138 valence electrons. The van der Waals surface area contributed by atoms with E-state index in [0.29, 0.717) is 23.6 Å². The van der Waals surface area contributed by atoms with Crippen LogP contribution in [0.1, 0.15) is 45.7 Å². The molecule has 6 heteroatoms. The van der Waals surface area contributed by atoms with Crippen LogP contribution in [0.5, 0.6) is 0 Å². The van der Waals surface area contributed by atoms with Crippen LogP contribution in [0.15, 0.2) is 40.2 Å². The second-order valence-corrected chi connectivity index (χ2v) is 7.51. The van der Waals surface area contributed by atoms with Crippen molar-refractivity contribution in [2.24, 2.45) is 5.92 Å². The fourth-order valence-corrected chi connectivity index (χ4v) is 3.05. The second kappa shape index (κ2) is 6.94. The first-order chi connectivity index (χ1) is 12.3. The summed E-state index contributed by atoms with van der Waals surface area (Å²) in [5, 5.41) is 0. The van der Waals surface area contributed by atoms with Crippen molar-refractivity contribution in [2.75, 3.05) is 0 Å². The van der Waals surface area contributed by atoms with E-state index in [1.165, 1.54) is 4.57 Å². The summed E-state index contributed by atoms with van der Waals surface area (Å²) in [7, 11) is 0. The van der Waals surface area contributed by atoms with Crippen LogP contribution >= 0.6 is 0 Å². The summed E-state index contributed by atoms with van der Waals surface area (Å²) in [5.74, 6) is 0.403. The standard InChI is InChI=1S/C20H26N4O2/c1-13(2)10-11-22-19(25)17-18(21-12-23(17)14(3)4)24(20(22)26)16-8-6-15(5)7-9-16/h6-9,12-14H,10-11H2,1-5H3. The van der Waals surface area contributed by atoms with Gasteiger partial charge in [-0.3, -0.25) is 9.36 Å². The van der Waals surface area contributed by atoms with E-state index in [4.69, 9.17) is 0 Å². The van der Waals surface area contributed by atoms with Gasteiger partial charge in [0.1, 0.15) is 0 Å².